The average molecular weight is 483 g/mol. The molecular weight excluding hydrogens is 447 g/mol. The first-order valence-corrected chi connectivity index (χ1v) is 11.1. The van der Waals surface area contributed by atoms with Crippen molar-refractivity contribution in [2.45, 2.75) is 27.7 Å². The molecule has 0 radical (unpaired) electrons. The van der Waals surface area contributed by atoms with E-state index in [1.807, 2.05) is 36.4 Å². The fourth-order valence-corrected chi connectivity index (χ4v) is 3.88. The van der Waals surface area contributed by atoms with Crippen LogP contribution in [-0.4, -0.2) is 68.1 Å². The maximum Gasteiger partial charge on any atom is 0.194 e. The highest BCUT2D eigenvalue weighted by Gasteiger charge is 2.27. The topological polar surface area (TPSA) is 42.0 Å². The molecule has 2 aromatic rings. The molecule has 178 valence electrons. The van der Waals surface area contributed by atoms with Crippen molar-refractivity contribution in [3.63, 3.8) is 0 Å². The molecule has 5 nitrogen and oxygen atoms in total. The van der Waals surface area contributed by atoms with Crippen LogP contribution in [0.25, 0.3) is 11.1 Å². The number of hydrogen-bond donors (Lipinski definition) is 0. The summed E-state index contributed by atoms with van der Waals surface area (Å²) in [5, 5.41) is 0. The van der Waals surface area contributed by atoms with Crippen molar-refractivity contribution >= 4 is 30.6 Å². The van der Waals surface area contributed by atoms with Crippen LogP contribution in [0, 0.1) is 0 Å². The number of likely N-dealkylation sites (N-methyl/N-ethyl adjacent to an activating group) is 2. The summed E-state index contributed by atoms with van der Waals surface area (Å²) in [7, 11) is 0. The normalized spacial score (nSPS) is 11.6. The smallest absolute Gasteiger partial charge is 0.194 e. The van der Waals surface area contributed by atoms with E-state index in [2.05, 4.69) is 37.5 Å². The molecule has 0 aromatic heterocycles. The van der Waals surface area contributed by atoms with Crippen molar-refractivity contribution in [1.82, 2.24) is 9.80 Å². The molecule has 0 N–H and O–H groups in total. The van der Waals surface area contributed by atoms with E-state index in [0.29, 0.717) is 24.3 Å². The molecule has 0 fully saturated rings. The van der Waals surface area contributed by atoms with Gasteiger partial charge in [0.05, 0.1) is 0 Å². The molecule has 7 heteroatoms. The van der Waals surface area contributed by atoms with Gasteiger partial charge in [-0.3, -0.25) is 4.79 Å². The molecule has 2 aromatic carbocycles. The first kappa shape index (κ1) is 28.2. The second-order valence-corrected chi connectivity index (χ2v) is 7.49. The van der Waals surface area contributed by atoms with E-state index in [0.717, 1.165) is 61.9 Å². The molecule has 0 saturated heterocycles. The van der Waals surface area contributed by atoms with Crippen LogP contribution in [0.5, 0.6) is 11.5 Å². The third kappa shape index (κ3) is 6.61. The van der Waals surface area contributed by atoms with Crippen LogP contribution >= 0.6 is 24.8 Å². The standard InChI is InChI=1S/C25H34N2O3.2ClH/c1-5-26(6-2)13-15-29-19-9-11-21-22-12-10-20(30-16-14-27(7-3)8-4)18-24(22)25(28)23(21)17-19;;/h9-12,17-18H,5-8,13-16H2,1-4H3;2*1H. The number of carbonyl (C=O) groups excluding carboxylic acids is 1. The van der Waals surface area contributed by atoms with Gasteiger partial charge in [-0.15, -0.1) is 24.8 Å². The molecule has 0 unspecified atom stereocenters. The van der Waals surface area contributed by atoms with Gasteiger partial charge in [0.2, 0.25) is 0 Å². The number of ketones is 1. The summed E-state index contributed by atoms with van der Waals surface area (Å²) in [6.45, 7) is 15.6. The van der Waals surface area contributed by atoms with Gasteiger partial charge in [-0.05, 0) is 73.7 Å². The Bertz CT molecular complexity index is 799. The number of ether oxygens (including phenoxy) is 2. The second kappa shape index (κ2) is 13.7. The van der Waals surface area contributed by atoms with E-state index >= 15 is 0 Å². The van der Waals surface area contributed by atoms with Gasteiger partial charge in [-0.25, -0.2) is 0 Å². The Hall–Kier alpha value is -1.79. The van der Waals surface area contributed by atoms with Crippen molar-refractivity contribution in [2.24, 2.45) is 0 Å². The summed E-state index contributed by atoms with van der Waals surface area (Å²) in [5.74, 6) is 1.54. The minimum absolute atomic E-state index is 0. The molecule has 1 aliphatic rings. The molecule has 3 rings (SSSR count). The zero-order valence-electron chi connectivity index (χ0n) is 19.6. The Labute approximate surface area is 204 Å². The van der Waals surface area contributed by atoms with Crippen LogP contribution in [0.2, 0.25) is 0 Å². The van der Waals surface area contributed by atoms with E-state index in [1.165, 1.54) is 0 Å². The van der Waals surface area contributed by atoms with Gasteiger partial charge < -0.3 is 19.3 Å². The number of carbonyl (C=O) groups is 1. The molecule has 0 spiro atoms. The summed E-state index contributed by atoms with van der Waals surface area (Å²) in [6.07, 6.45) is 0. The van der Waals surface area contributed by atoms with Crippen molar-refractivity contribution in [3.8, 4) is 22.6 Å². The lowest BCUT2D eigenvalue weighted by atomic mass is 10.1. The summed E-state index contributed by atoms with van der Waals surface area (Å²) < 4.78 is 11.8. The Morgan fingerprint density at radius 2 is 1.00 bits per heavy atom. The summed E-state index contributed by atoms with van der Waals surface area (Å²) >= 11 is 0. The zero-order chi connectivity index (χ0) is 21.5. The number of benzene rings is 2. The molecule has 0 heterocycles. The van der Waals surface area contributed by atoms with Crippen molar-refractivity contribution < 1.29 is 14.3 Å². The van der Waals surface area contributed by atoms with Gasteiger partial charge in [0.1, 0.15) is 24.7 Å². The van der Waals surface area contributed by atoms with Crippen molar-refractivity contribution in [1.29, 1.82) is 0 Å². The Kier molecular flexibility index (Phi) is 12.1. The van der Waals surface area contributed by atoms with Gasteiger partial charge in [-0.1, -0.05) is 27.7 Å². The minimum atomic E-state index is 0. The molecule has 1 aliphatic carbocycles. The van der Waals surface area contributed by atoms with Gasteiger partial charge in [0.15, 0.2) is 5.78 Å². The third-order valence-electron chi connectivity index (χ3n) is 5.90. The number of nitrogens with zero attached hydrogens (tertiary/aromatic N) is 2. The maximum absolute atomic E-state index is 13.0. The zero-order valence-corrected chi connectivity index (χ0v) is 21.2. The first-order valence-electron chi connectivity index (χ1n) is 11.1. The Balaban J connectivity index is 0.00000256. The quantitative estimate of drug-likeness (QED) is 0.355. The van der Waals surface area contributed by atoms with Gasteiger partial charge in [0, 0.05) is 24.2 Å². The molecular formula is C25H36Cl2N2O3. The SMILES string of the molecule is CCN(CC)CCOc1ccc2c(c1)C(=O)c1cc(OCCN(CC)CC)ccc1-2.Cl.Cl. The second-order valence-electron chi connectivity index (χ2n) is 7.49. The average Bonchev–Trinajstić information content (AvgIpc) is 3.05. The van der Waals surface area contributed by atoms with Gasteiger partial charge in [-0.2, -0.15) is 0 Å². The number of fused-ring (bicyclic) bond motifs is 3. The van der Waals surface area contributed by atoms with Gasteiger partial charge >= 0.3 is 0 Å². The molecule has 0 amide bonds. The molecule has 0 saturated carbocycles. The molecule has 32 heavy (non-hydrogen) atoms. The Morgan fingerprint density at radius 1 is 0.625 bits per heavy atom. The lowest BCUT2D eigenvalue weighted by molar-refractivity contribution is 0.104. The lowest BCUT2D eigenvalue weighted by Gasteiger charge is -2.18. The molecule has 0 bridgehead atoms. The van der Waals surface area contributed by atoms with Crippen LogP contribution in [0.4, 0.5) is 0 Å². The number of rotatable bonds is 12. The van der Waals surface area contributed by atoms with Crippen LogP contribution < -0.4 is 9.47 Å². The van der Waals surface area contributed by atoms with Crippen molar-refractivity contribution in [3.05, 3.63) is 47.5 Å². The predicted molar refractivity (Wildman–Crippen MR) is 136 cm³/mol. The Morgan fingerprint density at radius 3 is 1.34 bits per heavy atom. The fourth-order valence-electron chi connectivity index (χ4n) is 3.88. The minimum Gasteiger partial charge on any atom is -0.492 e. The van der Waals surface area contributed by atoms with Crippen LogP contribution in [0.3, 0.4) is 0 Å². The maximum atomic E-state index is 13.0. The largest absolute Gasteiger partial charge is 0.492 e. The van der Waals surface area contributed by atoms with E-state index in [9.17, 15) is 4.79 Å². The van der Waals surface area contributed by atoms with Gasteiger partial charge in [0.25, 0.3) is 0 Å². The van der Waals surface area contributed by atoms with E-state index < -0.39 is 0 Å². The number of halogens is 2. The van der Waals surface area contributed by atoms with Crippen LogP contribution in [-0.2, 0) is 0 Å². The van der Waals surface area contributed by atoms with E-state index in [-0.39, 0.29) is 30.6 Å². The predicted octanol–water partition coefficient (Wildman–Crippen LogP) is 5.18. The third-order valence-corrected chi connectivity index (χ3v) is 5.90. The van der Waals surface area contributed by atoms with E-state index in [1.54, 1.807) is 0 Å². The number of hydrogen-bond acceptors (Lipinski definition) is 5. The highest BCUT2D eigenvalue weighted by molar-refractivity contribution is 6.22. The highest BCUT2D eigenvalue weighted by atomic mass is 35.5. The van der Waals surface area contributed by atoms with Crippen molar-refractivity contribution in [2.75, 3.05) is 52.5 Å². The fraction of sp³-hybridized carbons (Fsp3) is 0.480. The summed E-state index contributed by atoms with van der Waals surface area (Å²) in [5.41, 5.74) is 3.37. The van der Waals surface area contributed by atoms with E-state index in [4.69, 9.17) is 9.47 Å². The highest BCUT2D eigenvalue weighted by Crippen LogP contribution is 2.39. The summed E-state index contributed by atoms with van der Waals surface area (Å²) in [6, 6.07) is 11.6. The molecule has 0 atom stereocenters. The molecule has 0 aliphatic heterocycles. The van der Waals surface area contributed by atoms with Crippen LogP contribution in [0.15, 0.2) is 36.4 Å². The van der Waals surface area contributed by atoms with Crippen LogP contribution in [0.1, 0.15) is 43.6 Å². The monoisotopic (exact) mass is 482 g/mol. The lowest BCUT2D eigenvalue weighted by Crippen LogP contribution is -2.27. The first-order chi connectivity index (χ1) is 14.6. The summed E-state index contributed by atoms with van der Waals surface area (Å²) in [4.78, 5) is 17.6.